The molecule has 2 aromatic rings. The van der Waals surface area contributed by atoms with Gasteiger partial charge in [0.2, 0.25) is 5.95 Å². The maximum atomic E-state index is 13.5. The van der Waals surface area contributed by atoms with Crippen LogP contribution in [0.4, 0.5) is 24.8 Å². The van der Waals surface area contributed by atoms with E-state index >= 15 is 0 Å². The summed E-state index contributed by atoms with van der Waals surface area (Å²) in [6, 6.07) is 5.05. The largest absolute Gasteiger partial charge is 0.434 e. The van der Waals surface area contributed by atoms with E-state index in [1.807, 2.05) is 6.92 Å². The smallest absolute Gasteiger partial charge is 0.352 e. The molecule has 2 N–H and O–H groups in total. The second-order valence-corrected chi connectivity index (χ2v) is 7.68. The minimum atomic E-state index is -4.80. The van der Waals surface area contributed by atoms with Crippen molar-refractivity contribution >= 4 is 29.1 Å². The molecule has 1 aliphatic carbocycles. The van der Waals surface area contributed by atoms with Gasteiger partial charge in [-0.25, -0.2) is 9.97 Å². The van der Waals surface area contributed by atoms with Gasteiger partial charge in [0.05, 0.1) is 16.3 Å². The zero-order chi connectivity index (χ0) is 21.0. The number of rotatable bonds is 5. The van der Waals surface area contributed by atoms with E-state index in [0.717, 1.165) is 43.9 Å². The lowest BCUT2D eigenvalue weighted by atomic mass is 9.89. The Labute approximate surface area is 172 Å². The van der Waals surface area contributed by atoms with Crippen LogP contribution in [0.3, 0.4) is 0 Å². The van der Waals surface area contributed by atoms with Gasteiger partial charge in [0.15, 0.2) is 5.69 Å². The third kappa shape index (κ3) is 5.59. The Bertz CT molecular complexity index is 883. The highest BCUT2D eigenvalue weighted by Gasteiger charge is 2.38. The molecule has 0 atom stereocenters. The molecule has 0 aliphatic heterocycles. The van der Waals surface area contributed by atoms with Gasteiger partial charge in [-0.15, -0.1) is 0 Å². The summed E-state index contributed by atoms with van der Waals surface area (Å²) in [5, 5.41) is 5.61. The summed E-state index contributed by atoms with van der Waals surface area (Å²) < 4.78 is 40.6. The highest BCUT2D eigenvalue weighted by Crippen LogP contribution is 2.32. The van der Waals surface area contributed by atoms with Gasteiger partial charge in [-0.2, -0.15) is 13.2 Å². The molecule has 1 amide bonds. The number of aryl methyl sites for hydroxylation is 1. The van der Waals surface area contributed by atoms with Crippen molar-refractivity contribution in [3.05, 3.63) is 46.2 Å². The first-order valence-electron chi connectivity index (χ1n) is 9.49. The minimum Gasteiger partial charge on any atom is -0.352 e. The molecule has 1 aromatic heterocycles. The summed E-state index contributed by atoms with van der Waals surface area (Å²) in [5.74, 6) is -0.803. The second kappa shape index (κ2) is 8.98. The number of carbonyl (C=O) groups excluding carboxylic acids is 1. The van der Waals surface area contributed by atoms with Crippen molar-refractivity contribution in [2.24, 2.45) is 5.92 Å². The molecule has 0 radical (unpaired) electrons. The molecule has 1 aliphatic rings. The van der Waals surface area contributed by atoms with Crippen LogP contribution in [0.25, 0.3) is 0 Å². The number of benzene rings is 1. The van der Waals surface area contributed by atoms with Gasteiger partial charge in [-0.1, -0.05) is 36.9 Å². The van der Waals surface area contributed by atoms with Crippen molar-refractivity contribution < 1.29 is 18.0 Å². The lowest BCUT2D eigenvalue weighted by Gasteiger charge is -2.22. The summed E-state index contributed by atoms with van der Waals surface area (Å²) >= 11 is 6.10. The lowest BCUT2D eigenvalue weighted by Crippen LogP contribution is -2.32. The molecule has 3 rings (SSSR count). The van der Waals surface area contributed by atoms with Crippen molar-refractivity contribution in [2.45, 2.75) is 45.2 Å². The van der Waals surface area contributed by atoms with Gasteiger partial charge in [-0.05, 0) is 43.4 Å². The molecule has 0 spiro atoms. The Morgan fingerprint density at radius 3 is 2.62 bits per heavy atom. The molecule has 9 heteroatoms. The highest BCUT2D eigenvalue weighted by atomic mass is 35.5. The Morgan fingerprint density at radius 1 is 1.24 bits per heavy atom. The first-order chi connectivity index (χ1) is 13.7. The van der Waals surface area contributed by atoms with Gasteiger partial charge in [0.1, 0.15) is 0 Å². The number of nitrogens with one attached hydrogen (secondary N) is 2. The van der Waals surface area contributed by atoms with Crippen LogP contribution >= 0.6 is 11.6 Å². The van der Waals surface area contributed by atoms with Crippen LogP contribution in [-0.4, -0.2) is 22.4 Å². The van der Waals surface area contributed by atoms with Crippen LogP contribution in [-0.2, 0) is 6.18 Å². The van der Waals surface area contributed by atoms with E-state index in [1.54, 1.807) is 18.2 Å². The standard InChI is InChI=1S/C20H22ClF3N4O/c1-12-7-8-16(15(21)9-12)27-19-26-11-14(17(28-19)20(22,23)24)18(29)25-10-13-5-3-2-4-6-13/h7-9,11,13H,2-6,10H2,1H3,(H,25,29)(H,26,27,28). The molecule has 0 saturated heterocycles. The summed E-state index contributed by atoms with van der Waals surface area (Å²) in [7, 11) is 0. The maximum Gasteiger partial charge on any atom is 0.434 e. The number of carbonyl (C=O) groups is 1. The van der Waals surface area contributed by atoms with Crippen LogP contribution in [0.15, 0.2) is 24.4 Å². The molecule has 1 heterocycles. The van der Waals surface area contributed by atoms with E-state index in [4.69, 9.17) is 11.6 Å². The number of hydrogen-bond donors (Lipinski definition) is 2. The van der Waals surface area contributed by atoms with Crippen molar-refractivity contribution in [1.29, 1.82) is 0 Å². The van der Waals surface area contributed by atoms with Gasteiger partial charge in [-0.3, -0.25) is 4.79 Å². The van der Waals surface area contributed by atoms with Crippen molar-refractivity contribution in [3.8, 4) is 0 Å². The molecule has 1 saturated carbocycles. The van der Waals surface area contributed by atoms with Gasteiger partial charge < -0.3 is 10.6 Å². The fraction of sp³-hybridized carbons (Fsp3) is 0.450. The van der Waals surface area contributed by atoms with Gasteiger partial charge in [0.25, 0.3) is 5.91 Å². The molecular weight excluding hydrogens is 405 g/mol. The normalized spacial score (nSPS) is 15.2. The minimum absolute atomic E-state index is 0.285. The quantitative estimate of drug-likeness (QED) is 0.661. The molecule has 1 aromatic carbocycles. The molecule has 1 fully saturated rings. The number of amides is 1. The number of halogens is 4. The Morgan fingerprint density at radius 2 is 1.97 bits per heavy atom. The van der Waals surface area contributed by atoms with Crippen molar-refractivity contribution in [1.82, 2.24) is 15.3 Å². The predicted octanol–water partition coefficient (Wildman–Crippen LogP) is 5.51. The summed E-state index contributed by atoms with van der Waals surface area (Å²) in [5.41, 5.74) is -0.587. The topological polar surface area (TPSA) is 66.9 Å². The highest BCUT2D eigenvalue weighted by molar-refractivity contribution is 6.33. The maximum absolute atomic E-state index is 13.5. The van der Waals surface area contributed by atoms with E-state index in [2.05, 4.69) is 20.6 Å². The molecule has 0 bridgehead atoms. The summed E-state index contributed by atoms with van der Waals surface area (Å²) in [6.45, 7) is 2.20. The van der Waals surface area contributed by atoms with Crippen LogP contribution < -0.4 is 10.6 Å². The zero-order valence-electron chi connectivity index (χ0n) is 15.9. The monoisotopic (exact) mass is 426 g/mol. The molecule has 0 unspecified atom stereocenters. The second-order valence-electron chi connectivity index (χ2n) is 7.28. The molecular formula is C20H22ClF3N4O. The summed E-state index contributed by atoms with van der Waals surface area (Å²) in [6.07, 6.45) is 1.38. The number of alkyl halides is 3. The number of hydrogen-bond acceptors (Lipinski definition) is 4. The zero-order valence-corrected chi connectivity index (χ0v) is 16.7. The van der Waals surface area contributed by atoms with E-state index in [-0.39, 0.29) is 5.95 Å². The number of anilines is 2. The fourth-order valence-electron chi connectivity index (χ4n) is 3.39. The summed E-state index contributed by atoms with van der Waals surface area (Å²) in [4.78, 5) is 19.8. The van der Waals surface area contributed by atoms with Crippen LogP contribution in [0.1, 0.15) is 53.7 Å². The molecule has 29 heavy (non-hydrogen) atoms. The van der Waals surface area contributed by atoms with Crippen LogP contribution in [0.5, 0.6) is 0 Å². The van der Waals surface area contributed by atoms with E-state index in [9.17, 15) is 18.0 Å². The number of nitrogens with zero attached hydrogens (tertiary/aromatic N) is 2. The SMILES string of the molecule is Cc1ccc(Nc2ncc(C(=O)NCC3CCCCC3)c(C(F)(F)F)n2)c(Cl)c1. The molecule has 5 nitrogen and oxygen atoms in total. The van der Waals surface area contributed by atoms with Crippen molar-refractivity contribution in [2.75, 3.05) is 11.9 Å². The van der Waals surface area contributed by atoms with Gasteiger partial charge >= 0.3 is 6.18 Å². The Kier molecular flexibility index (Phi) is 6.62. The van der Waals surface area contributed by atoms with E-state index in [1.165, 1.54) is 0 Å². The van der Waals surface area contributed by atoms with Crippen molar-refractivity contribution in [3.63, 3.8) is 0 Å². The predicted molar refractivity (Wildman–Crippen MR) is 105 cm³/mol. The Hall–Kier alpha value is -2.35. The fourth-order valence-corrected chi connectivity index (χ4v) is 3.67. The Balaban J connectivity index is 1.79. The molecule has 156 valence electrons. The van der Waals surface area contributed by atoms with Gasteiger partial charge in [0, 0.05) is 12.7 Å². The number of aromatic nitrogens is 2. The third-order valence-corrected chi connectivity index (χ3v) is 5.26. The average Bonchev–Trinajstić information content (AvgIpc) is 2.68. The van der Waals surface area contributed by atoms with E-state index < -0.39 is 23.3 Å². The first kappa shape index (κ1) is 21.4. The average molecular weight is 427 g/mol. The van der Waals surface area contributed by atoms with Crippen LogP contribution in [0, 0.1) is 12.8 Å². The first-order valence-corrected chi connectivity index (χ1v) is 9.87. The van der Waals surface area contributed by atoms with Crippen LogP contribution in [0.2, 0.25) is 5.02 Å². The lowest BCUT2D eigenvalue weighted by molar-refractivity contribution is -0.141. The van der Waals surface area contributed by atoms with E-state index in [0.29, 0.717) is 23.2 Å². The third-order valence-electron chi connectivity index (χ3n) is 4.95.